The van der Waals surface area contributed by atoms with E-state index in [0.717, 1.165) is 21.8 Å². The quantitative estimate of drug-likeness (QED) is 0.633. The third-order valence-electron chi connectivity index (χ3n) is 5.24. The highest BCUT2D eigenvalue weighted by atomic mass is 35.5. The Hall–Kier alpha value is -2.77. The molecule has 154 valence electrons. The van der Waals surface area contributed by atoms with Crippen molar-refractivity contribution in [2.24, 2.45) is 0 Å². The number of carbonyl (C=O) groups is 2. The third kappa shape index (κ3) is 4.52. The molecule has 0 radical (unpaired) electrons. The molecule has 30 heavy (non-hydrogen) atoms. The van der Waals surface area contributed by atoms with Crippen LogP contribution in [0, 0.1) is 13.8 Å². The van der Waals surface area contributed by atoms with Crippen LogP contribution in [0.4, 0.5) is 10.8 Å². The first-order valence-electron chi connectivity index (χ1n) is 9.64. The van der Waals surface area contributed by atoms with Gasteiger partial charge in [-0.15, -0.1) is 10.2 Å². The van der Waals surface area contributed by atoms with Crippen LogP contribution in [0.15, 0.2) is 42.5 Å². The van der Waals surface area contributed by atoms with E-state index in [1.807, 2.05) is 37.3 Å². The van der Waals surface area contributed by atoms with Gasteiger partial charge in [-0.2, -0.15) is 0 Å². The largest absolute Gasteiger partial charge is 0.312 e. The molecule has 1 N–H and O–H groups in total. The zero-order chi connectivity index (χ0) is 21.3. The van der Waals surface area contributed by atoms with E-state index in [0.29, 0.717) is 23.1 Å². The van der Waals surface area contributed by atoms with Gasteiger partial charge < -0.3 is 10.2 Å². The molecule has 1 saturated heterocycles. The lowest BCUT2D eigenvalue weighted by atomic mass is 10.1. The highest BCUT2D eigenvalue weighted by Gasteiger charge is 2.34. The Labute approximate surface area is 183 Å². The van der Waals surface area contributed by atoms with Crippen molar-refractivity contribution in [1.29, 1.82) is 0 Å². The van der Waals surface area contributed by atoms with Gasteiger partial charge in [0.2, 0.25) is 16.9 Å². The maximum Gasteiger partial charge on any atom is 0.230 e. The second-order valence-electron chi connectivity index (χ2n) is 7.47. The summed E-state index contributed by atoms with van der Waals surface area (Å²) in [5.41, 5.74) is 4.13. The number of carbonyl (C=O) groups excluding carboxylic acids is 2. The zero-order valence-corrected chi connectivity index (χ0v) is 18.3. The van der Waals surface area contributed by atoms with Crippen molar-refractivity contribution in [2.75, 3.05) is 16.8 Å². The smallest absolute Gasteiger partial charge is 0.230 e. The van der Waals surface area contributed by atoms with E-state index in [4.69, 9.17) is 11.6 Å². The molecule has 1 aliphatic heterocycles. The SMILES string of the molecule is Cc1ccc(N2C[C@H](c3nnc(NC(=O)Cc4ccc(Cl)cc4)s3)CC2=O)cc1C. The van der Waals surface area contributed by atoms with Crippen molar-refractivity contribution in [3.05, 3.63) is 69.2 Å². The van der Waals surface area contributed by atoms with E-state index in [1.165, 1.54) is 16.9 Å². The zero-order valence-electron chi connectivity index (χ0n) is 16.7. The van der Waals surface area contributed by atoms with Crippen LogP contribution in [0.3, 0.4) is 0 Å². The van der Waals surface area contributed by atoms with E-state index in [1.54, 1.807) is 17.0 Å². The van der Waals surface area contributed by atoms with E-state index in [2.05, 4.69) is 22.4 Å². The molecule has 2 heterocycles. The summed E-state index contributed by atoms with van der Waals surface area (Å²) in [6.07, 6.45) is 0.620. The number of anilines is 2. The van der Waals surface area contributed by atoms with Gasteiger partial charge in [-0.1, -0.05) is 41.1 Å². The first kappa shape index (κ1) is 20.5. The van der Waals surface area contributed by atoms with Crippen LogP contribution in [0.25, 0.3) is 0 Å². The van der Waals surface area contributed by atoms with Crippen LogP contribution in [-0.2, 0) is 16.0 Å². The summed E-state index contributed by atoms with van der Waals surface area (Å²) in [6.45, 7) is 4.66. The number of hydrogen-bond donors (Lipinski definition) is 1. The molecule has 8 heteroatoms. The minimum absolute atomic E-state index is 0.0291. The minimum atomic E-state index is -0.167. The fourth-order valence-corrected chi connectivity index (χ4v) is 4.39. The van der Waals surface area contributed by atoms with Gasteiger partial charge in [0.25, 0.3) is 0 Å². The van der Waals surface area contributed by atoms with Crippen molar-refractivity contribution in [1.82, 2.24) is 10.2 Å². The van der Waals surface area contributed by atoms with Gasteiger partial charge in [0, 0.05) is 29.6 Å². The van der Waals surface area contributed by atoms with Crippen LogP contribution in [0.5, 0.6) is 0 Å². The number of rotatable bonds is 5. The Balaban J connectivity index is 1.40. The highest BCUT2D eigenvalue weighted by molar-refractivity contribution is 7.15. The Morgan fingerprint density at radius 3 is 2.67 bits per heavy atom. The molecule has 2 aromatic carbocycles. The lowest BCUT2D eigenvalue weighted by Gasteiger charge is -2.17. The first-order valence-corrected chi connectivity index (χ1v) is 10.8. The summed E-state index contributed by atoms with van der Waals surface area (Å²) in [4.78, 5) is 26.7. The fraction of sp³-hybridized carbons (Fsp3) is 0.273. The summed E-state index contributed by atoms with van der Waals surface area (Å²) in [6, 6.07) is 13.2. The number of amides is 2. The van der Waals surface area contributed by atoms with E-state index in [-0.39, 0.29) is 24.2 Å². The molecule has 3 aromatic rings. The van der Waals surface area contributed by atoms with E-state index in [9.17, 15) is 9.59 Å². The second kappa shape index (κ2) is 8.53. The minimum Gasteiger partial charge on any atom is -0.312 e. The molecule has 1 fully saturated rings. The second-order valence-corrected chi connectivity index (χ2v) is 8.92. The van der Waals surface area contributed by atoms with Crippen molar-refractivity contribution >= 4 is 45.6 Å². The van der Waals surface area contributed by atoms with Crippen LogP contribution >= 0.6 is 22.9 Å². The monoisotopic (exact) mass is 440 g/mol. The van der Waals surface area contributed by atoms with Gasteiger partial charge in [0.1, 0.15) is 5.01 Å². The molecular weight excluding hydrogens is 420 g/mol. The maximum absolute atomic E-state index is 12.6. The summed E-state index contributed by atoms with van der Waals surface area (Å²) in [7, 11) is 0. The van der Waals surface area contributed by atoms with Crippen LogP contribution in [0.1, 0.15) is 34.0 Å². The average Bonchev–Trinajstić information content (AvgIpc) is 3.32. The van der Waals surface area contributed by atoms with Crippen molar-refractivity contribution in [2.45, 2.75) is 32.6 Å². The molecule has 1 aliphatic rings. The van der Waals surface area contributed by atoms with Crippen LogP contribution in [0.2, 0.25) is 5.02 Å². The third-order valence-corrected chi connectivity index (χ3v) is 6.49. The molecule has 1 atom stereocenters. The fourth-order valence-electron chi connectivity index (χ4n) is 3.42. The number of benzene rings is 2. The number of hydrogen-bond acceptors (Lipinski definition) is 5. The van der Waals surface area contributed by atoms with Crippen molar-refractivity contribution in [3.8, 4) is 0 Å². The van der Waals surface area contributed by atoms with E-state index < -0.39 is 0 Å². The number of halogens is 1. The van der Waals surface area contributed by atoms with E-state index >= 15 is 0 Å². The van der Waals surface area contributed by atoms with Crippen molar-refractivity contribution in [3.63, 3.8) is 0 Å². The Morgan fingerprint density at radius 2 is 1.93 bits per heavy atom. The summed E-state index contributed by atoms with van der Waals surface area (Å²) < 4.78 is 0. The van der Waals surface area contributed by atoms with Crippen LogP contribution in [-0.4, -0.2) is 28.6 Å². The number of aromatic nitrogens is 2. The van der Waals surface area contributed by atoms with Gasteiger partial charge in [-0.25, -0.2) is 0 Å². The topological polar surface area (TPSA) is 75.2 Å². The first-order chi connectivity index (χ1) is 14.4. The molecule has 0 bridgehead atoms. The number of nitrogens with zero attached hydrogens (tertiary/aromatic N) is 3. The summed E-state index contributed by atoms with van der Waals surface area (Å²) in [5.74, 6) is -0.121. The summed E-state index contributed by atoms with van der Waals surface area (Å²) >= 11 is 7.19. The van der Waals surface area contributed by atoms with Gasteiger partial charge in [0.05, 0.1) is 6.42 Å². The van der Waals surface area contributed by atoms with Gasteiger partial charge in [-0.3, -0.25) is 9.59 Å². The predicted octanol–water partition coefficient (Wildman–Crippen LogP) is 4.51. The lowest BCUT2D eigenvalue weighted by molar-refractivity contribution is -0.117. The molecule has 4 rings (SSSR count). The number of aryl methyl sites for hydroxylation is 2. The predicted molar refractivity (Wildman–Crippen MR) is 119 cm³/mol. The molecular formula is C22H21ClN4O2S. The maximum atomic E-state index is 12.6. The standard InChI is InChI=1S/C22H21ClN4O2S/c1-13-3-8-18(9-14(13)2)27-12-16(11-20(27)29)21-25-26-22(30-21)24-19(28)10-15-4-6-17(23)7-5-15/h3-9,16H,10-12H2,1-2H3,(H,24,26,28)/t16-/m1/s1. The van der Waals surface area contributed by atoms with Gasteiger partial charge >= 0.3 is 0 Å². The summed E-state index contributed by atoms with van der Waals surface area (Å²) in [5, 5.41) is 12.9. The Morgan fingerprint density at radius 1 is 1.17 bits per heavy atom. The Kier molecular flexibility index (Phi) is 5.83. The molecule has 0 unspecified atom stereocenters. The number of nitrogens with one attached hydrogen (secondary N) is 1. The van der Waals surface area contributed by atoms with Gasteiger partial charge in [0.15, 0.2) is 0 Å². The van der Waals surface area contributed by atoms with Gasteiger partial charge in [-0.05, 0) is 54.8 Å². The molecule has 1 aromatic heterocycles. The molecule has 0 spiro atoms. The Bertz CT molecular complexity index is 1100. The molecule has 6 nitrogen and oxygen atoms in total. The normalized spacial score (nSPS) is 16.2. The molecule has 0 aliphatic carbocycles. The molecule has 2 amide bonds. The average molecular weight is 441 g/mol. The highest BCUT2D eigenvalue weighted by Crippen LogP contribution is 2.34. The van der Waals surface area contributed by atoms with Crippen LogP contribution < -0.4 is 10.2 Å². The molecule has 0 saturated carbocycles. The lowest BCUT2D eigenvalue weighted by Crippen LogP contribution is -2.24. The van der Waals surface area contributed by atoms with Crippen molar-refractivity contribution < 1.29 is 9.59 Å².